The molecule has 0 aliphatic rings. The van der Waals surface area contributed by atoms with Crippen molar-refractivity contribution in [3.63, 3.8) is 0 Å². The molecule has 0 bridgehead atoms. The third-order valence-electron chi connectivity index (χ3n) is 1.22. The summed E-state index contributed by atoms with van der Waals surface area (Å²) in [6.07, 6.45) is -0.117. The Bertz CT molecular complexity index is 298. The van der Waals surface area contributed by atoms with Crippen LogP contribution in [0.4, 0.5) is 0 Å². The number of nitrogens with zero attached hydrogens (tertiary/aromatic N) is 1. The minimum absolute atomic E-state index is 0.117. The van der Waals surface area contributed by atoms with Crippen LogP contribution in [0.1, 0.15) is 29.3 Å². The molecule has 13 heavy (non-hydrogen) atoms. The molecule has 0 unspecified atom stereocenters. The lowest BCUT2D eigenvalue weighted by Gasteiger charge is -2.04. The fraction of sp³-hybridized carbons (Fsp3) is 0.500. The van der Waals surface area contributed by atoms with Crippen LogP contribution in [0.5, 0.6) is 0 Å². The number of halogens is 1. The van der Waals surface area contributed by atoms with Gasteiger partial charge in [-0.3, -0.25) is 0 Å². The molecule has 0 saturated carbocycles. The van der Waals surface area contributed by atoms with Gasteiger partial charge < -0.3 is 4.74 Å². The lowest BCUT2D eigenvalue weighted by Crippen LogP contribution is -2.11. The van der Waals surface area contributed by atoms with Gasteiger partial charge in [-0.25, -0.2) is 9.78 Å². The molecule has 0 N–H and O–H groups in total. The highest BCUT2D eigenvalue weighted by Gasteiger charge is 2.12. The number of aromatic nitrogens is 1. The van der Waals surface area contributed by atoms with Gasteiger partial charge >= 0.3 is 5.97 Å². The van der Waals surface area contributed by atoms with Crippen LogP contribution in [0, 0.1) is 0 Å². The molecule has 5 heteroatoms. The molecule has 0 aromatic carbocycles. The van der Waals surface area contributed by atoms with Crippen LogP contribution in [0.25, 0.3) is 0 Å². The van der Waals surface area contributed by atoms with Gasteiger partial charge in [-0.1, -0.05) is 0 Å². The molecule has 0 aliphatic heterocycles. The number of esters is 1. The predicted molar refractivity (Wildman–Crippen MR) is 52.2 cm³/mol. The molecule has 3 nitrogen and oxygen atoms in total. The first-order chi connectivity index (χ1) is 6.13. The third-order valence-corrected chi connectivity index (χ3v) is 2.48. The van der Waals surface area contributed by atoms with E-state index >= 15 is 0 Å². The SMILES string of the molecule is CC(C)OC(=O)c1csc(CCl)n1. The van der Waals surface area contributed by atoms with Crippen LogP contribution in [-0.2, 0) is 10.6 Å². The molecule has 0 amide bonds. The zero-order valence-electron chi connectivity index (χ0n) is 7.41. The second kappa shape index (κ2) is 4.58. The number of carbonyl (C=O) groups is 1. The molecule has 0 saturated heterocycles. The Hall–Kier alpha value is -0.610. The van der Waals surface area contributed by atoms with Gasteiger partial charge in [0.2, 0.25) is 0 Å². The topological polar surface area (TPSA) is 39.2 Å². The van der Waals surface area contributed by atoms with Crippen LogP contribution in [0.2, 0.25) is 0 Å². The predicted octanol–water partition coefficient (Wildman–Crippen LogP) is 2.45. The summed E-state index contributed by atoms with van der Waals surface area (Å²) in [6.45, 7) is 3.60. The zero-order chi connectivity index (χ0) is 9.84. The first-order valence-corrected chi connectivity index (χ1v) is 5.26. The molecule has 1 rings (SSSR count). The molecular weight excluding hydrogens is 210 g/mol. The highest BCUT2D eigenvalue weighted by molar-refractivity contribution is 7.10. The molecule has 0 spiro atoms. The number of carbonyl (C=O) groups excluding carboxylic acids is 1. The van der Waals surface area contributed by atoms with Gasteiger partial charge in [0.25, 0.3) is 0 Å². The molecule has 0 radical (unpaired) electrons. The fourth-order valence-electron chi connectivity index (χ4n) is 0.740. The van der Waals surface area contributed by atoms with E-state index in [1.807, 2.05) is 0 Å². The van der Waals surface area contributed by atoms with E-state index in [1.165, 1.54) is 11.3 Å². The Labute approximate surface area is 85.7 Å². The van der Waals surface area contributed by atoms with Gasteiger partial charge in [0.15, 0.2) is 5.69 Å². The quantitative estimate of drug-likeness (QED) is 0.579. The first kappa shape index (κ1) is 10.5. The number of ether oxygens (including phenoxy) is 1. The van der Waals surface area contributed by atoms with Crippen molar-refractivity contribution in [2.24, 2.45) is 0 Å². The minimum Gasteiger partial charge on any atom is -0.458 e. The molecule has 0 fully saturated rings. The van der Waals surface area contributed by atoms with Crippen LogP contribution in [-0.4, -0.2) is 17.1 Å². The number of hydrogen-bond acceptors (Lipinski definition) is 4. The average Bonchev–Trinajstić information content (AvgIpc) is 2.50. The summed E-state index contributed by atoms with van der Waals surface area (Å²) in [5.41, 5.74) is 0.342. The Morgan fingerprint density at radius 2 is 2.46 bits per heavy atom. The van der Waals surface area contributed by atoms with Crippen molar-refractivity contribution in [3.8, 4) is 0 Å². The van der Waals surface area contributed by atoms with Crippen LogP contribution in [0.3, 0.4) is 0 Å². The number of thiazole rings is 1. The monoisotopic (exact) mass is 219 g/mol. The highest BCUT2D eigenvalue weighted by atomic mass is 35.5. The summed E-state index contributed by atoms with van der Waals surface area (Å²) in [6, 6.07) is 0. The second-order valence-corrected chi connectivity index (χ2v) is 3.92. The van der Waals surface area contributed by atoms with Crippen molar-refractivity contribution < 1.29 is 9.53 Å². The Morgan fingerprint density at radius 3 is 2.92 bits per heavy atom. The maximum Gasteiger partial charge on any atom is 0.358 e. The van der Waals surface area contributed by atoms with Gasteiger partial charge in [0, 0.05) is 5.38 Å². The van der Waals surface area contributed by atoms with Crippen molar-refractivity contribution >= 4 is 28.9 Å². The highest BCUT2D eigenvalue weighted by Crippen LogP contribution is 2.13. The van der Waals surface area contributed by atoms with Crippen molar-refractivity contribution in [1.82, 2.24) is 4.98 Å². The van der Waals surface area contributed by atoms with Crippen molar-refractivity contribution in [1.29, 1.82) is 0 Å². The van der Waals surface area contributed by atoms with E-state index in [-0.39, 0.29) is 12.1 Å². The number of rotatable bonds is 3. The molecule has 1 heterocycles. The van der Waals surface area contributed by atoms with E-state index in [4.69, 9.17) is 16.3 Å². The minimum atomic E-state index is -0.386. The van der Waals surface area contributed by atoms with E-state index in [0.717, 1.165) is 5.01 Å². The van der Waals surface area contributed by atoms with Gasteiger partial charge in [-0.05, 0) is 13.8 Å². The maximum absolute atomic E-state index is 11.3. The van der Waals surface area contributed by atoms with Crippen LogP contribution < -0.4 is 0 Å². The largest absolute Gasteiger partial charge is 0.458 e. The van der Waals surface area contributed by atoms with Gasteiger partial charge in [-0.2, -0.15) is 0 Å². The zero-order valence-corrected chi connectivity index (χ0v) is 8.98. The van der Waals surface area contributed by atoms with E-state index in [2.05, 4.69) is 4.98 Å². The summed E-state index contributed by atoms with van der Waals surface area (Å²) in [5, 5.41) is 2.39. The normalized spacial score (nSPS) is 10.5. The standard InChI is InChI=1S/C8H10ClNO2S/c1-5(2)12-8(11)6-4-13-7(3-9)10-6/h4-5H,3H2,1-2H3. The van der Waals surface area contributed by atoms with Crippen LogP contribution in [0.15, 0.2) is 5.38 Å². The average molecular weight is 220 g/mol. The molecule has 1 aromatic heterocycles. The molecule has 1 aromatic rings. The molecule has 0 aliphatic carbocycles. The van der Waals surface area contributed by atoms with Crippen molar-refractivity contribution in [2.75, 3.05) is 0 Å². The lowest BCUT2D eigenvalue weighted by atomic mass is 10.4. The fourth-order valence-corrected chi connectivity index (χ4v) is 1.60. The summed E-state index contributed by atoms with van der Waals surface area (Å²) < 4.78 is 4.96. The summed E-state index contributed by atoms with van der Waals surface area (Å²) in [7, 11) is 0. The van der Waals surface area contributed by atoms with Gasteiger partial charge in [0.1, 0.15) is 5.01 Å². The van der Waals surface area contributed by atoms with E-state index < -0.39 is 0 Å². The second-order valence-electron chi connectivity index (χ2n) is 2.71. The first-order valence-electron chi connectivity index (χ1n) is 3.85. The van der Waals surface area contributed by atoms with Gasteiger partial charge in [0.05, 0.1) is 12.0 Å². The van der Waals surface area contributed by atoms with E-state index in [9.17, 15) is 4.79 Å². The maximum atomic E-state index is 11.3. The number of alkyl halides is 1. The summed E-state index contributed by atoms with van der Waals surface area (Å²) in [4.78, 5) is 15.3. The molecule has 0 atom stereocenters. The van der Waals surface area contributed by atoms with Gasteiger partial charge in [-0.15, -0.1) is 22.9 Å². The summed E-state index contributed by atoms with van der Waals surface area (Å²) >= 11 is 6.91. The summed E-state index contributed by atoms with van der Waals surface area (Å²) in [5.74, 6) is -0.0535. The van der Waals surface area contributed by atoms with E-state index in [1.54, 1.807) is 19.2 Å². The third kappa shape index (κ3) is 2.97. The molecular formula is C8H10ClNO2S. The van der Waals surface area contributed by atoms with E-state index in [0.29, 0.717) is 11.6 Å². The Morgan fingerprint density at radius 1 is 1.77 bits per heavy atom. The van der Waals surface area contributed by atoms with Crippen molar-refractivity contribution in [3.05, 3.63) is 16.1 Å². The smallest absolute Gasteiger partial charge is 0.358 e. The Balaban J connectivity index is 2.66. The number of hydrogen-bond donors (Lipinski definition) is 0. The van der Waals surface area contributed by atoms with Crippen molar-refractivity contribution in [2.45, 2.75) is 25.8 Å². The lowest BCUT2D eigenvalue weighted by molar-refractivity contribution is 0.0371. The Kier molecular flexibility index (Phi) is 3.69. The van der Waals surface area contributed by atoms with Crippen LogP contribution >= 0.6 is 22.9 Å². The molecule has 72 valence electrons.